The molecular weight excluding hydrogens is 530 g/mol. The summed E-state index contributed by atoms with van der Waals surface area (Å²) in [7, 11) is -3.96. The maximum Gasteiger partial charge on any atom is 0.295 e. The molecule has 0 aromatic heterocycles. The summed E-state index contributed by atoms with van der Waals surface area (Å²) in [5, 5.41) is 19.5. The number of carbonyl (C=O) groups is 1. The maximum atomic E-state index is 12.9. The van der Waals surface area contributed by atoms with E-state index in [0.717, 1.165) is 4.47 Å². The van der Waals surface area contributed by atoms with Gasteiger partial charge in [0, 0.05) is 25.8 Å². The molecule has 0 aliphatic carbocycles. The predicted octanol–water partition coefficient (Wildman–Crippen LogP) is 6.69. The molecule has 0 saturated heterocycles. The minimum Gasteiger partial charge on any atom is -0.505 e. The van der Waals surface area contributed by atoms with Gasteiger partial charge in [-0.25, -0.2) is 8.42 Å². The molecule has 7 nitrogen and oxygen atoms in total. The molecule has 33 heavy (non-hydrogen) atoms. The number of nitrogens with zero attached hydrogens (tertiary/aromatic N) is 2. The molecule has 0 unspecified atom stereocenters. The number of fused-ring (bicyclic) bond motifs is 1. The number of phenolic OH excluding ortho intramolecular Hbond substituents is 1. The average molecular weight is 545 g/mol. The van der Waals surface area contributed by atoms with Crippen molar-refractivity contribution in [1.82, 2.24) is 0 Å². The molecule has 0 saturated carbocycles. The van der Waals surface area contributed by atoms with Crippen molar-refractivity contribution >= 4 is 65.6 Å². The lowest BCUT2D eigenvalue weighted by Crippen LogP contribution is -2.13. The molecule has 1 amide bonds. The first-order valence-electron chi connectivity index (χ1n) is 9.49. The van der Waals surface area contributed by atoms with E-state index < -0.39 is 15.9 Å². The van der Waals surface area contributed by atoms with Crippen LogP contribution in [0.4, 0.5) is 11.4 Å². The molecule has 0 atom stereocenters. The number of sulfonamides is 1. The predicted molar refractivity (Wildman–Crippen MR) is 131 cm³/mol. The molecule has 0 heterocycles. The fourth-order valence-electron chi connectivity index (χ4n) is 3.07. The summed E-state index contributed by atoms with van der Waals surface area (Å²) < 4.78 is 29.1. The number of anilines is 1. The van der Waals surface area contributed by atoms with Gasteiger partial charge in [-0.05, 0) is 54.6 Å². The van der Waals surface area contributed by atoms with Crippen LogP contribution in [-0.4, -0.2) is 19.4 Å². The molecule has 4 rings (SSSR count). The monoisotopic (exact) mass is 543 g/mol. The Morgan fingerprint density at radius 2 is 1.58 bits per heavy atom. The van der Waals surface area contributed by atoms with Crippen LogP contribution in [0.1, 0.15) is 10.4 Å². The molecule has 0 aliphatic rings. The van der Waals surface area contributed by atoms with Crippen LogP contribution in [0, 0.1) is 0 Å². The Morgan fingerprint density at radius 3 is 2.24 bits per heavy atom. The molecule has 0 aliphatic heterocycles. The molecular formula is C23H15BrClN3O4S. The number of hydrogen-bond donors (Lipinski definition) is 2. The van der Waals surface area contributed by atoms with Gasteiger partial charge in [-0.1, -0.05) is 51.8 Å². The van der Waals surface area contributed by atoms with Crippen molar-refractivity contribution in [2.75, 3.05) is 4.72 Å². The first-order chi connectivity index (χ1) is 15.7. The maximum absolute atomic E-state index is 12.9. The Bertz CT molecular complexity index is 1490. The van der Waals surface area contributed by atoms with Crippen LogP contribution in [0.15, 0.2) is 98.5 Å². The van der Waals surface area contributed by atoms with Gasteiger partial charge in [-0.15, -0.1) is 10.2 Å². The van der Waals surface area contributed by atoms with Gasteiger partial charge in [0.2, 0.25) is 0 Å². The second-order valence-electron chi connectivity index (χ2n) is 6.91. The largest absolute Gasteiger partial charge is 0.505 e. The summed E-state index contributed by atoms with van der Waals surface area (Å²) in [4.78, 5) is 12.4. The van der Waals surface area contributed by atoms with E-state index in [1.54, 1.807) is 48.5 Å². The summed E-state index contributed by atoms with van der Waals surface area (Å²) in [5.74, 6) is -0.842. The summed E-state index contributed by atoms with van der Waals surface area (Å²) >= 11 is 9.15. The molecule has 0 radical (unpaired) electrons. The first-order valence-corrected chi connectivity index (χ1v) is 12.1. The van der Waals surface area contributed by atoms with Crippen LogP contribution < -0.4 is 4.72 Å². The summed E-state index contributed by atoms with van der Waals surface area (Å²) in [6.45, 7) is 0. The number of amides is 1. The molecule has 0 fully saturated rings. The number of azo groups is 1. The molecule has 0 spiro atoms. The number of aromatic hydroxyl groups is 1. The lowest BCUT2D eigenvalue weighted by molar-refractivity contribution is 0.0995. The third-order valence-electron chi connectivity index (χ3n) is 4.70. The highest BCUT2D eigenvalue weighted by Crippen LogP contribution is 2.40. The molecule has 10 heteroatoms. The fourth-order valence-corrected chi connectivity index (χ4v) is 4.53. The van der Waals surface area contributed by atoms with Crippen LogP contribution in [0.25, 0.3) is 10.8 Å². The van der Waals surface area contributed by atoms with Crippen LogP contribution in [-0.2, 0) is 10.0 Å². The topological polar surface area (TPSA) is 108 Å². The van der Waals surface area contributed by atoms with Gasteiger partial charge in [0.15, 0.2) is 5.75 Å². The molecule has 166 valence electrons. The number of carbonyl (C=O) groups excluding carboxylic acids is 1. The highest BCUT2D eigenvalue weighted by atomic mass is 79.9. The second-order valence-corrected chi connectivity index (χ2v) is 9.94. The summed E-state index contributed by atoms with van der Waals surface area (Å²) in [6.07, 6.45) is 0. The van der Waals surface area contributed by atoms with Gasteiger partial charge in [0.1, 0.15) is 5.69 Å². The van der Waals surface area contributed by atoms with Gasteiger partial charge in [0.25, 0.3) is 15.9 Å². The fraction of sp³-hybridized carbons (Fsp3) is 0. The van der Waals surface area contributed by atoms with E-state index in [4.69, 9.17) is 11.6 Å². The van der Waals surface area contributed by atoms with E-state index in [1.807, 2.05) is 0 Å². The SMILES string of the molecule is O=C(N=Nc1cc(NS(=O)(=O)c2ccc(Cl)cc2)c2ccccc2c1O)c1ccc(Br)cc1. The summed E-state index contributed by atoms with van der Waals surface area (Å²) in [5.41, 5.74) is 0.419. The molecule has 4 aromatic carbocycles. The zero-order valence-electron chi connectivity index (χ0n) is 16.7. The van der Waals surface area contributed by atoms with Crippen LogP contribution in [0.3, 0.4) is 0 Å². The van der Waals surface area contributed by atoms with E-state index >= 15 is 0 Å². The first kappa shape index (κ1) is 22.9. The number of hydrogen-bond acceptors (Lipinski definition) is 5. The Balaban J connectivity index is 1.74. The van der Waals surface area contributed by atoms with Crippen molar-refractivity contribution < 1.29 is 18.3 Å². The Labute approximate surface area is 202 Å². The van der Waals surface area contributed by atoms with Crippen molar-refractivity contribution in [3.05, 3.63) is 93.9 Å². The second kappa shape index (κ2) is 9.30. The van der Waals surface area contributed by atoms with E-state index in [-0.39, 0.29) is 22.0 Å². The molecule has 0 bridgehead atoms. The number of halogens is 2. The van der Waals surface area contributed by atoms with Crippen molar-refractivity contribution in [2.45, 2.75) is 4.90 Å². The van der Waals surface area contributed by atoms with Crippen LogP contribution >= 0.6 is 27.5 Å². The molecule has 2 N–H and O–H groups in total. The smallest absolute Gasteiger partial charge is 0.295 e. The minimum atomic E-state index is -3.96. The summed E-state index contributed by atoms with van der Waals surface area (Å²) in [6, 6.07) is 20.2. The highest BCUT2D eigenvalue weighted by molar-refractivity contribution is 9.10. The van der Waals surface area contributed by atoms with Gasteiger partial charge in [-0.2, -0.15) is 0 Å². The van der Waals surface area contributed by atoms with Crippen molar-refractivity contribution in [3.63, 3.8) is 0 Å². The Hall–Kier alpha value is -3.27. The van der Waals surface area contributed by atoms with Crippen molar-refractivity contribution in [3.8, 4) is 5.75 Å². The highest BCUT2D eigenvalue weighted by Gasteiger charge is 2.18. The average Bonchev–Trinajstić information content (AvgIpc) is 2.80. The van der Waals surface area contributed by atoms with Crippen LogP contribution in [0.2, 0.25) is 5.02 Å². The zero-order chi connectivity index (χ0) is 23.6. The Kier molecular flexibility index (Phi) is 6.46. The third-order valence-corrected chi connectivity index (χ3v) is 6.87. The van der Waals surface area contributed by atoms with E-state index in [0.29, 0.717) is 21.4 Å². The lowest BCUT2D eigenvalue weighted by atomic mass is 10.1. The van der Waals surface area contributed by atoms with E-state index in [1.165, 1.54) is 30.3 Å². The van der Waals surface area contributed by atoms with Gasteiger partial charge in [-0.3, -0.25) is 9.52 Å². The lowest BCUT2D eigenvalue weighted by Gasteiger charge is -2.13. The standard InChI is InChI=1S/C23H15BrClN3O4S/c24-15-7-5-14(6-8-15)23(30)27-26-21-13-20(18-3-1-2-4-19(18)22(21)29)28-33(31,32)17-11-9-16(25)10-12-17/h1-13,28-29H. The quantitative estimate of drug-likeness (QED) is 0.216. The molecule has 4 aromatic rings. The van der Waals surface area contributed by atoms with Gasteiger partial charge >= 0.3 is 0 Å². The number of benzene rings is 4. The normalized spacial score (nSPS) is 11.7. The third kappa shape index (κ3) is 5.05. The number of nitrogens with one attached hydrogen (secondary N) is 1. The van der Waals surface area contributed by atoms with Crippen molar-refractivity contribution in [2.24, 2.45) is 10.2 Å². The number of phenols is 1. The van der Waals surface area contributed by atoms with E-state index in [2.05, 4.69) is 30.9 Å². The number of rotatable bonds is 5. The zero-order valence-corrected chi connectivity index (χ0v) is 19.9. The Morgan fingerprint density at radius 1 is 0.939 bits per heavy atom. The van der Waals surface area contributed by atoms with E-state index in [9.17, 15) is 18.3 Å². The van der Waals surface area contributed by atoms with Crippen LogP contribution in [0.5, 0.6) is 5.75 Å². The van der Waals surface area contributed by atoms with Gasteiger partial charge in [0.05, 0.1) is 10.6 Å². The minimum absolute atomic E-state index is 0.0117. The van der Waals surface area contributed by atoms with Gasteiger partial charge < -0.3 is 5.11 Å². The van der Waals surface area contributed by atoms with Crippen molar-refractivity contribution in [1.29, 1.82) is 0 Å².